The molecular weight excluding hydrogens is 192 g/mol. The lowest BCUT2D eigenvalue weighted by molar-refractivity contribution is -0.0830. The van der Waals surface area contributed by atoms with E-state index < -0.39 is 0 Å². The second kappa shape index (κ2) is 5.28. The molecule has 0 spiro atoms. The molecule has 0 amide bonds. The normalized spacial score (nSPS) is 35.6. The van der Waals surface area contributed by atoms with Crippen LogP contribution in [0.2, 0.25) is 0 Å². The summed E-state index contributed by atoms with van der Waals surface area (Å²) in [6.07, 6.45) is 5.16. The Hall–Kier alpha value is -0.120. The quantitative estimate of drug-likeness (QED) is 0.780. The molecule has 0 radical (unpaired) electrons. The zero-order valence-electron chi connectivity index (χ0n) is 9.52. The highest BCUT2D eigenvalue weighted by molar-refractivity contribution is 4.77. The number of rotatable bonds is 3. The van der Waals surface area contributed by atoms with Gasteiger partial charge in [0.05, 0.1) is 19.3 Å². The number of aliphatic hydroxyl groups is 1. The topological polar surface area (TPSA) is 38.7 Å². The summed E-state index contributed by atoms with van der Waals surface area (Å²) < 4.78 is 10.7. The van der Waals surface area contributed by atoms with E-state index in [1.165, 1.54) is 12.8 Å². The van der Waals surface area contributed by atoms with Crippen LogP contribution in [0.5, 0.6) is 0 Å². The van der Waals surface area contributed by atoms with E-state index in [-0.39, 0.29) is 12.4 Å². The van der Waals surface area contributed by atoms with Crippen molar-refractivity contribution in [2.45, 2.75) is 51.4 Å². The molecule has 1 N–H and O–H groups in total. The van der Waals surface area contributed by atoms with E-state index in [1.807, 2.05) is 0 Å². The predicted molar refractivity (Wildman–Crippen MR) is 57.4 cm³/mol. The second-order valence-electron chi connectivity index (χ2n) is 5.01. The van der Waals surface area contributed by atoms with Crippen LogP contribution < -0.4 is 0 Å². The Morgan fingerprint density at radius 1 is 1.27 bits per heavy atom. The molecule has 3 heteroatoms. The molecule has 88 valence electrons. The fourth-order valence-corrected chi connectivity index (χ4v) is 2.76. The van der Waals surface area contributed by atoms with E-state index in [1.54, 1.807) is 0 Å². The highest BCUT2D eigenvalue weighted by atomic mass is 16.7. The molecule has 1 aliphatic heterocycles. The van der Waals surface area contributed by atoms with Crippen molar-refractivity contribution in [1.29, 1.82) is 0 Å². The van der Waals surface area contributed by atoms with Gasteiger partial charge in [-0.25, -0.2) is 0 Å². The lowest BCUT2D eigenvalue weighted by atomic mass is 9.79. The summed E-state index contributed by atoms with van der Waals surface area (Å²) in [6.45, 7) is 3.64. The number of aliphatic hydroxyl groups excluding tert-OH is 1. The maximum absolute atomic E-state index is 10.1. The van der Waals surface area contributed by atoms with Gasteiger partial charge in [-0.1, -0.05) is 19.8 Å². The highest BCUT2D eigenvalue weighted by Crippen LogP contribution is 2.32. The Morgan fingerprint density at radius 2 is 2.00 bits per heavy atom. The smallest absolute Gasteiger partial charge is 0.160 e. The zero-order chi connectivity index (χ0) is 10.7. The first-order valence-corrected chi connectivity index (χ1v) is 6.17. The summed E-state index contributed by atoms with van der Waals surface area (Å²) in [6, 6.07) is 0. The van der Waals surface area contributed by atoms with Gasteiger partial charge in [0.2, 0.25) is 0 Å². The van der Waals surface area contributed by atoms with Gasteiger partial charge < -0.3 is 14.6 Å². The van der Waals surface area contributed by atoms with Crippen LogP contribution in [-0.2, 0) is 9.47 Å². The zero-order valence-corrected chi connectivity index (χ0v) is 9.52. The molecule has 2 fully saturated rings. The first kappa shape index (κ1) is 11.4. The fourth-order valence-electron chi connectivity index (χ4n) is 2.76. The van der Waals surface area contributed by atoms with Crippen molar-refractivity contribution < 1.29 is 14.6 Å². The van der Waals surface area contributed by atoms with Gasteiger partial charge in [0.1, 0.15) is 0 Å². The van der Waals surface area contributed by atoms with Gasteiger partial charge in [0, 0.05) is 6.42 Å². The third-order valence-corrected chi connectivity index (χ3v) is 3.65. The SMILES string of the molecule is CC1CCCC(C(O)CC2OCCO2)C1. The van der Waals surface area contributed by atoms with Crippen molar-refractivity contribution in [2.75, 3.05) is 13.2 Å². The van der Waals surface area contributed by atoms with Crippen molar-refractivity contribution in [3.63, 3.8) is 0 Å². The molecule has 2 rings (SSSR count). The summed E-state index contributed by atoms with van der Waals surface area (Å²) in [4.78, 5) is 0. The van der Waals surface area contributed by atoms with Crippen LogP contribution in [-0.4, -0.2) is 30.7 Å². The van der Waals surface area contributed by atoms with Crippen LogP contribution in [0.15, 0.2) is 0 Å². The molecule has 3 nitrogen and oxygen atoms in total. The predicted octanol–water partition coefficient (Wildman–Crippen LogP) is 1.94. The minimum atomic E-state index is -0.240. The molecule has 1 aliphatic carbocycles. The molecule has 1 saturated carbocycles. The average Bonchev–Trinajstić information content (AvgIpc) is 2.70. The average molecular weight is 214 g/mol. The molecule has 15 heavy (non-hydrogen) atoms. The van der Waals surface area contributed by atoms with Crippen molar-refractivity contribution in [2.24, 2.45) is 11.8 Å². The lowest BCUT2D eigenvalue weighted by Gasteiger charge is -2.31. The third kappa shape index (κ3) is 3.16. The van der Waals surface area contributed by atoms with Gasteiger partial charge in [-0.3, -0.25) is 0 Å². The Morgan fingerprint density at radius 3 is 2.67 bits per heavy atom. The molecule has 0 aromatic heterocycles. The molecule has 3 atom stereocenters. The summed E-state index contributed by atoms with van der Waals surface area (Å²) in [5.41, 5.74) is 0. The standard InChI is InChI=1S/C12H22O3/c1-9-3-2-4-10(7-9)11(13)8-12-14-5-6-15-12/h9-13H,2-8H2,1H3. The van der Waals surface area contributed by atoms with Crippen LogP contribution in [0.3, 0.4) is 0 Å². The molecule has 1 heterocycles. The maximum atomic E-state index is 10.1. The van der Waals surface area contributed by atoms with E-state index in [0.29, 0.717) is 25.6 Å². The van der Waals surface area contributed by atoms with Crippen molar-refractivity contribution in [3.8, 4) is 0 Å². The van der Waals surface area contributed by atoms with E-state index in [2.05, 4.69) is 6.92 Å². The van der Waals surface area contributed by atoms with Gasteiger partial charge in [-0.15, -0.1) is 0 Å². The van der Waals surface area contributed by atoms with Crippen LogP contribution in [0.25, 0.3) is 0 Å². The Labute approximate surface area is 91.8 Å². The molecular formula is C12H22O3. The number of hydrogen-bond acceptors (Lipinski definition) is 3. The summed E-state index contributed by atoms with van der Waals surface area (Å²) in [5, 5.41) is 10.1. The monoisotopic (exact) mass is 214 g/mol. The summed E-state index contributed by atoms with van der Waals surface area (Å²) in [7, 11) is 0. The Balaban J connectivity index is 1.76. The van der Waals surface area contributed by atoms with Gasteiger partial charge >= 0.3 is 0 Å². The van der Waals surface area contributed by atoms with E-state index >= 15 is 0 Å². The Bertz CT molecular complexity index is 189. The minimum Gasteiger partial charge on any atom is -0.393 e. The number of hydrogen-bond donors (Lipinski definition) is 1. The maximum Gasteiger partial charge on any atom is 0.160 e. The largest absolute Gasteiger partial charge is 0.393 e. The van der Waals surface area contributed by atoms with Crippen molar-refractivity contribution >= 4 is 0 Å². The fraction of sp³-hybridized carbons (Fsp3) is 1.00. The van der Waals surface area contributed by atoms with Crippen LogP contribution in [0.4, 0.5) is 0 Å². The highest BCUT2D eigenvalue weighted by Gasteiger charge is 2.29. The van der Waals surface area contributed by atoms with Crippen molar-refractivity contribution in [1.82, 2.24) is 0 Å². The summed E-state index contributed by atoms with van der Waals surface area (Å²) >= 11 is 0. The van der Waals surface area contributed by atoms with Crippen molar-refractivity contribution in [3.05, 3.63) is 0 Å². The first-order chi connectivity index (χ1) is 7.25. The van der Waals surface area contributed by atoms with Gasteiger partial charge in [0.25, 0.3) is 0 Å². The van der Waals surface area contributed by atoms with E-state index in [0.717, 1.165) is 18.8 Å². The van der Waals surface area contributed by atoms with Gasteiger partial charge in [-0.05, 0) is 24.7 Å². The van der Waals surface area contributed by atoms with Crippen LogP contribution in [0, 0.1) is 11.8 Å². The molecule has 0 aromatic carbocycles. The van der Waals surface area contributed by atoms with E-state index in [9.17, 15) is 5.11 Å². The minimum absolute atomic E-state index is 0.155. The van der Waals surface area contributed by atoms with Crippen LogP contribution in [0.1, 0.15) is 39.0 Å². The molecule has 3 unspecified atom stereocenters. The van der Waals surface area contributed by atoms with E-state index in [4.69, 9.17) is 9.47 Å². The molecule has 1 saturated heterocycles. The summed E-state index contributed by atoms with van der Waals surface area (Å²) in [5.74, 6) is 1.23. The molecule has 2 aliphatic rings. The van der Waals surface area contributed by atoms with Crippen LogP contribution >= 0.6 is 0 Å². The lowest BCUT2D eigenvalue weighted by Crippen LogP contribution is -2.29. The van der Waals surface area contributed by atoms with Gasteiger partial charge in [0.15, 0.2) is 6.29 Å². The third-order valence-electron chi connectivity index (χ3n) is 3.65. The Kier molecular flexibility index (Phi) is 4.00. The molecule has 0 aromatic rings. The first-order valence-electron chi connectivity index (χ1n) is 6.17. The number of ether oxygens (including phenoxy) is 2. The second-order valence-corrected chi connectivity index (χ2v) is 5.01. The van der Waals surface area contributed by atoms with Gasteiger partial charge in [-0.2, -0.15) is 0 Å². The molecule has 0 bridgehead atoms.